The normalized spacial score (nSPS) is 23.9. The van der Waals surface area contributed by atoms with E-state index < -0.39 is 6.04 Å². The summed E-state index contributed by atoms with van der Waals surface area (Å²) < 4.78 is 0. The molecule has 1 aliphatic carbocycles. The lowest BCUT2D eigenvalue weighted by molar-refractivity contribution is -0.131. The Morgan fingerprint density at radius 1 is 1.22 bits per heavy atom. The standard InChI is InChI=1S/C17H29N3O3/c1-11(15(22)19-17(2,3)4)18-16(23)12-9-14(21)20(10-12)13-7-5-6-8-13/h11-13H,5-10H2,1-4H3,(H,18,23)(H,19,22)/t11-,12-/m1/s1. The van der Waals surface area contributed by atoms with Gasteiger partial charge in [-0.3, -0.25) is 14.4 Å². The Morgan fingerprint density at radius 3 is 2.39 bits per heavy atom. The van der Waals surface area contributed by atoms with Crippen molar-refractivity contribution in [2.45, 2.75) is 77.4 Å². The third-order valence-electron chi connectivity index (χ3n) is 4.54. The van der Waals surface area contributed by atoms with Gasteiger partial charge < -0.3 is 15.5 Å². The number of carbonyl (C=O) groups excluding carboxylic acids is 3. The van der Waals surface area contributed by atoms with Gasteiger partial charge in [0.15, 0.2) is 0 Å². The van der Waals surface area contributed by atoms with E-state index in [9.17, 15) is 14.4 Å². The number of likely N-dealkylation sites (tertiary alicyclic amines) is 1. The number of rotatable bonds is 4. The van der Waals surface area contributed by atoms with E-state index in [0.717, 1.165) is 25.7 Å². The van der Waals surface area contributed by atoms with E-state index in [1.807, 2.05) is 25.7 Å². The van der Waals surface area contributed by atoms with Gasteiger partial charge in [0.05, 0.1) is 5.92 Å². The Hall–Kier alpha value is -1.59. The first-order valence-electron chi connectivity index (χ1n) is 8.59. The molecule has 0 spiro atoms. The first-order chi connectivity index (χ1) is 10.7. The summed E-state index contributed by atoms with van der Waals surface area (Å²) in [5, 5.41) is 5.59. The summed E-state index contributed by atoms with van der Waals surface area (Å²) >= 11 is 0. The maximum Gasteiger partial charge on any atom is 0.242 e. The fourth-order valence-electron chi connectivity index (χ4n) is 3.35. The molecular formula is C17H29N3O3. The molecule has 0 radical (unpaired) electrons. The molecule has 0 unspecified atom stereocenters. The van der Waals surface area contributed by atoms with Crippen LogP contribution in [0.1, 0.15) is 59.8 Å². The molecule has 1 heterocycles. The van der Waals surface area contributed by atoms with Gasteiger partial charge in [-0.15, -0.1) is 0 Å². The van der Waals surface area contributed by atoms with Gasteiger partial charge in [0.2, 0.25) is 17.7 Å². The Bertz CT molecular complexity index is 478. The summed E-state index contributed by atoms with van der Waals surface area (Å²) in [6.45, 7) is 7.85. The molecule has 2 N–H and O–H groups in total. The maximum absolute atomic E-state index is 12.4. The van der Waals surface area contributed by atoms with Crippen LogP contribution < -0.4 is 10.6 Å². The highest BCUT2D eigenvalue weighted by Gasteiger charge is 2.39. The number of amides is 3. The molecule has 3 amide bonds. The molecule has 0 aromatic carbocycles. The Morgan fingerprint density at radius 2 is 1.83 bits per heavy atom. The van der Waals surface area contributed by atoms with Gasteiger partial charge in [-0.1, -0.05) is 12.8 Å². The summed E-state index contributed by atoms with van der Waals surface area (Å²) in [5.41, 5.74) is -0.335. The number of nitrogens with one attached hydrogen (secondary N) is 2. The highest BCUT2D eigenvalue weighted by molar-refractivity contribution is 5.92. The summed E-state index contributed by atoms with van der Waals surface area (Å²) in [7, 11) is 0. The highest BCUT2D eigenvalue weighted by Crippen LogP contribution is 2.29. The zero-order chi connectivity index (χ0) is 17.2. The average Bonchev–Trinajstić information content (AvgIpc) is 3.05. The number of nitrogens with zero attached hydrogens (tertiary/aromatic N) is 1. The second-order valence-corrected chi connectivity index (χ2v) is 7.85. The molecule has 6 heteroatoms. The fraction of sp³-hybridized carbons (Fsp3) is 0.824. The van der Waals surface area contributed by atoms with Gasteiger partial charge in [0, 0.05) is 24.5 Å². The molecule has 2 atom stereocenters. The van der Waals surface area contributed by atoms with Crippen LogP contribution in [0.2, 0.25) is 0 Å². The lowest BCUT2D eigenvalue weighted by Crippen LogP contribution is -2.52. The van der Waals surface area contributed by atoms with Gasteiger partial charge in [-0.05, 0) is 40.5 Å². The van der Waals surface area contributed by atoms with E-state index in [0.29, 0.717) is 12.6 Å². The van der Waals surface area contributed by atoms with E-state index in [-0.39, 0.29) is 35.6 Å². The topological polar surface area (TPSA) is 78.5 Å². The van der Waals surface area contributed by atoms with Crippen LogP contribution in [-0.4, -0.2) is 46.8 Å². The van der Waals surface area contributed by atoms with E-state index in [1.54, 1.807) is 6.92 Å². The van der Waals surface area contributed by atoms with Crippen molar-refractivity contribution < 1.29 is 14.4 Å². The monoisotopic (exact) mass is 323 g/mol. The van der Waals surface area contributed by atoms with Gasteiger partial charge >= 0.3 is 0 Å². The molecule has 0 bridgehead atoms. The van der Waals surface area contributed by atoms with Gasteiger partial charge in [-0.2, -0.15) is 0 Å². The molecule has 6 nitrogen and oxygen atoms in total. The van der Waals surface area contributed by atoms with Crippen molar-refractivity contribution in [3.05, 3.63) is 0 Å². The first-order valence-corrected chi connectivity index (χ1v) is 8.59. The quantitative estimate of drug-likeness (QED) is 0.816. The summed E-state index contributed by atoms with van der Waals surface area (Å²) in [6, 6.07) is -0.292. The largest absolute Gasteiger partial charge is 0.350 e. The predicted octanol–water partition coefficient (Wildman–Crippen LogP) is 1.20. The lowest BCUT2D eigenvalue weighted by atomic mass is 10.1. The van der Waals surface area contributed by atoms with Crippen molar-refractivity contribution >= 4 is 17.7 Å². The number of carbonyl (C=O) groups is 3. The zero-order valence-electron chi connectivity index (χ0n) is 14.6. The predicted molar refractivity (Wildman–Crippen MR) is 87.6 cm³/mol. The molecule has 0 aromatic heterocycles. The van der Waals surface area contributed by atoms with Gasteiger partial charge in [-0.25, -0.2) is 0 Å². The molecule has 2 rings (SSSR count). The maximum atomic E-state index is 12.4. The molecule has 1 aliphatic heterocycles. The first kappa shape index (κ1) is 17.8. The second kappa shape index (κ2) is 6.89. The molecule has 23 heavy (non-hydrogen) atoms. The zero-order valence-corrected chi connectivity index (χ0v) is 14.6. The molecule has 1 saturated carbocycles. The summed E-state index contributed by atoms with van der Waals surface area (Å²) in [5.74, 6) is -0.671. The molecule has 0 aromatic rings. The van der Waals surface area contributed by atoms with Crippen LogP contribution in [0.25, 0.3) is 0 Å². The molecular weight excluding hydrogens is 294 g/mol. The van der Waals surface area contributed by atoms with Crippen molar-refractivity contribution in [2.24, 2.45) is 5.92 Å². The van der Waals surface area contributed by atoms with Gasteiger partial charge in [0.1, 0.15) is 6.04 Å². The van der Waals surface area contributed by atoms with Crippen LogP contribution in [0.4, 0.5) is 0 Å². The van der Waals surface area contributed by atoms with E-state index in [1.165, 1.54) is 0 Å². The third-order valence-corrected chi connectivity index (χ3v) is 4.54. The molecule has 130 valence electrons. The van der Waals surface area contributed by atoms with Crippen LogP contribution in [0.15, 0.2) is 0 Å². The Balaban J connectivity index is 1.86. The Kier molecular flexibility index (Phi) is 5.32. The van der Waals surface area contributed by atoms with E-state index >= 15 is 0 Å². The minimum atomic E-state index is -0.600. The number of hydrogen-bond acceptors (Lipinski definition) is 3. The SMILES string of the molecule is C[C@@H](NC(=O)[C@@H]1CC(=O)N(C2CCCC2)C1)C(=O)NC(C)(C)C. The fourth-order valence-corrected chi connectivity index (χ4v) is 3.35. The van der Waals surface area contributed by atoms with Crippen molar-refractivity contribution in [1.29, 1.82) is 0 Å². The second-order valence-electron chi connectivity index (χ2n) is 7.85. The third kappa shape index (κ3) is 4.69. The van der Waals surface area contributed by atoms with E-state index in [4.69, 9.17) is 0 Å². The Labute approximate surface area is 138 Å². The molecule has 1 saturated heterocycles. The van der Waals surface area contributed by atoms with Crippen LogP contribution >= 0.6 is 0 Å². The minimum absolute atomic E-state index is 0.0730. The van der Waals surface area contributed by atoms with Crippen molar-refractivity contribution in [3.63, 3.8) is 0 Å². The molecule has 2 fully saturated rings. The van der Waals surface area contributed by atoms with Crippen LogP contribution in [0.5, 0.6) is 0 Å². The van der Waals surface area contributed by atoms with Crippen LogP contribution in [0, 0.1) is 5.92 Å². The van der Waals surface area contributed by atoms with E-state index in [2.05, 4.69) is 10.6 Å². The van der Waals surface area contributed by atoms with Crippen molar-refractivity contribution in [2.75, 3.05) is 6.54 Å². The van der Waals surface area contributed by atoms with Crippen LogP contribution in [0.3, 0.4) is 0 Å². The average molecular weight is 323 g/mol. The van der Waals surface area contributed by atoms with Gasteiger partial charge in [0.25, 0.3) is 0 Å². The van der Waals surface area contributed by atoms with Crippen LogP contribution in [-0.2, 0) is 14.4 Å². The lowest BCUT2D eigenvalue weighted by Gasteiger charge is -2.25. The minimum Gasteiger partial charge on any atom is -0.350 e. The summed E-state index contributed by atoms with van der Waals surface area (Å²) in [6.07, 6.45) is 4.68. The number of hydrogen-bond donors (Lipinski definition) is 2. The molecule has 2 aliphatic rings. The summed E-state index contributed by atoms with van der Waals surface area (Å²) in [4.78, 5) is 38.4. The highest BCUT2D eigenvalue weighted by atomic mass is 16.2. The van der Waals surface area contributed by atoms with Crippen molar-refractivity contribution in [3.8, 4) is 0 Å². The van der Waals surface area contributed by atoms with Crippen molar-refractivity contribution in [1.82, 2.24) is 15.5 Å². The smallest absolute Gasteiger partial charge is 0.242 e.